The lowest BCUT2D eigenvalue weighted by molar-refractivity contribution is -0.167. The van der Waals surface area contributed by atoms with Gasteiger partial charge in [-0.3, -0.25) is 0 Å². The molecule has 19 heavy (non-hydrogen) atoms. The van der Waals surface area contributed by atoms with E-state index in [2.05, 4.69) is 0 Å². The highest BCUT2D eigenvalue weighted by molar-refractivity contribution is 4.83. The standard InChI is InChI=1S/C13H28O6/c1-12(2,18-10(5-14)6-15)9-13(3,4)19-11(7-16)8-17/h10-11,14-17H,5-9H2,1-4H3. The largest absolute Gasteiger partial charge is 0.394 e. The molecule has 0 unspecified atom stereocenters. The second-order valence-corrected chi connectivity index (χ2v) is 5.91. The Bertz CT molecular complexity index is 209. The molecule has 6 nitrogen and oxygen atoms in total. The van der Waals surface area contributed by atoms with E-state index in [4.69, 9.17) is 29.9 Å². The third-order valence-electron chi connectivity index (χ3n) is 2.64. The van der Waals surface area contributed by atoms with E-state index >= 15 is 0 Å². The summed E-state index contributed by atoms with van der Waals surface area (Å²) in [6, 6.07) is 0. The van der Waals surface area contributed by atoms with Gasteiger partial charge in [0, 0.05) is 6.42 Å². The van der Waals surface area contributed by atoms with Gasteiger partial charge >= 0.3 is 0 Å². The van der Waals surface area contributed by atoms with Crippen LogP contribution in [-0.4, -0.2) is 70.3 Å². The van der Waals surface area contributed by atoms with Crippen LogP contribution in [0, 0.1) is 0 Å². The first-order chi connectivity index (χ1) is 8.69. The van der Waals surface area contributed by atoms with Gasteiger partial charge in [-0.05, 0) is 27.7 Å². The van der Waals surface area contributed by atoms with Crippen LogP contribution in [-0.2, 0) is 9.47 Å². The summed E-state index contributed by atoms with van der Waals surface area (Å²) in [5.74, 6) is 0. The van der Waals surface area contributed by atoms with Crippen LogP contribution in [0.2, 0.25) is 0 Å². The number of rotatable bonds is 10. The molecular weight excluding hydrogens is 252 g/mol. The zero-order chi connectivity index (χ0) is 15.1. The predicted molar refractivity (Wildman–Crippen MR) is 70.9 cm³/mol. The second kappa shape index (κ2) is 8.14. The summed E-state index contributed by atoms with van der Waals surface area (Å²) in [7, 11) is 0. The van der Waals surface area contributed by atoms with Gasteiger partial charge in [-0.15, -0.1) is 0 Å². The molecule has 116 valence electrons. The molecular formula is C13H28O6. The Balaban J connectivity index is 4.52. The first-order valence-electron chi connectivity index (χ1n) is 6.48. The molecule has 0 amide bonds. The molecule has 0 spiro atoms. The predicted octanol–water partition coefficient (Wildman–Crippen LogP) is -0.327. The molecule has 0 heterocycles. The van der Waals surface area contributed by atoms with E-state index < -0.39 is 23.4 Å². The molecule has 0 aromatic rings. The molecule has 0 saturated carbocycles. The molecule has 0 aliphatic carbocycles. The van der Waals surface area contributed by atoms with Crippen molar-refractivity contribution < 1.29 is 29.9 Å². The van der Waals surface area contributed by atoms with E-state index in [1.807, 2.05) is 27.7 Å². The summed E-state index contributed by atoms with van der Waals surface area (Å²) in [5, 5.41) is 36.1. The molecule has 0 aliphatic heterocycles. The SMILES string of the molecule is CC(C)(CC(C)(C)OC(CO)CO)OC(CO)CO. The van der Waals surface area contributed by atoms with Crippen molar-refractivity contribution in [2.45, 2.75) is 57.5 Å². The van der Waals surface area contributed by atoms with Crippen molar-refractivity contribution in [2.75, 3.05) is 26.4 Å². The molecule has 0 aromatic carbocycles. The molecule has 4 N–H and O–H groups in total. The van der Waals surface area contributed by atoms with Crippen LogP contribution in [0.5, 0.6) is 0 Å². The van der Waals surface area contributed by atoms with Gasteiger partial charge in [0.15, 0.2) is 0 Å². The van der Waals surface area contributed by atoms with Crippen LogP contribution in [0.25, 0.3) is 0 Å². The highest BCUT2D eigenvalue weighted by Crippen LogP contribution is 2.28. The number of hydrogen-bond donors (Lipinski definition) is 4. The maximum Gasteiger partial charge on any atom is 0.104 e. The molecule has 0 rings (SSSR count). The van der Waals surface area contributed by atoms with Crippen LogP contribution in [0.1, 0.15) is 34.1 Å². The average Bonchev–Trinajstić information content (AvgIpc) is 2.31. The Morgan fingerprint density at radius 2 is 0.947 bits per heavy atom. The Morgan fingerprint density at radius 1 is 0.684 bits per heavy atom. The zero-order valence-electron chi connectivity index (χ0n) is 12.3. The maximum absolute atomic E-state index is 9.03. The van der Waals surface area contributed by atoms with Gasteiger partial charge in [0.1, 0.15) is 12.2 Å². The molecule has 0 aliphatic rings. The van der Waals surface area contributed by atoms with Crippen LogP contribution < -0.4 is 0 Å². The monoisotopic (exact) mass is 280 g/mol. The van der Waals surface area contributed by atoms with Gasteiger partial charge in [0.2, 0.25) is 0 Å². The summed E-state index contributed by atoms with van der Waals surface area (Å²) >= 11 is 0. The molecule has 0 bridgehead atoms. The highest BCUT2D eigenvalue weighted by Gasteiger charge is 2.33. The topological polar surface area (TPSA) is 99.4 Å². The first kappa shape index (κ1) is 18.8. The van der Waals surface area contributed by atoms with Gasteiger partial charge in [-0.1, -0.05) is 0 Å². The fourth-order valence-corrected chi connectivity index (χ4v) is 2.28. The average molecular weight is 280 g/mol. The Kier molecular flexibility index (Phi) is 8.03. The lowest BCUT2D eigenvalue weighted by Crippen LogP contribution is -2.44. The number of ether oxygens (including phenoxy) is 2. The Hall–Kier alpha value is -0.240. The van der Waals surface area contributed by atoms with E-state index in [-0.39, 0.29) is 26.4 Å². The summed E-state index contributed by atoms with van der Waals surface area (Å²) < 4.78 is 11.2. The van der Waals surface area contributed by atoms with Crippen molar-refractivity contribution in [3.63, 3.8) is 0 Å². The lowest BCUT2D eigenvalue weighted by atomic mass is 9.91. The van der Waals surface area contributed by atoms with Crippen LogP contribution >= 0.6 is 0 Å². The van der Waals surface area contributed by atoms with Crippen molar-refractivity contribution in [1.82, 2.24) is 0 Å². The van der Waals surface area contributed by atoms with Crippen molar-refractivity contribution >= 4 is 0 Å². The summed E-state index contributed by atoms with van der Waals surface area (Å²) in [6.45, 7) is 6.34. The first-order valence-corrected chi connectivity index (χ1v) is 6.48. The van der Waals surface area contributed by atoms with Gasteiger partial charge in [0.25, 0.3) is 0 Å². The van der Waals surface area contributed by atoms with Gasteiger partial charge < -0.3 is 29.9 Å². The van der Waals surface area contributed by atoms with Gasteiger partial charge in [-0.2, -0.15) is 0 Å². The number of hydrogen-bond acceptors (Lipinski definition) is 6. The summed E-state index contributed by atoms with van der Waals surface area (Å²) in [5.41, 5.74) is -1.23. The third-order valence-corrected chi connectivity index (χ3v) is 2.64. The van der Waals surface area contributed by atoms with Crippen LogP contribution in [0.15, 0.2) is 0 Å². The van der Waals surface area contributed by atoms with E-state index in [0.717, 1.165) is 0 Å². The normalized spacial score (nSPS) is 13.6. The zero-order valence-corrected chi connectivity index (χ0v) is 12.3. The molecule has 0 saturated heterocycles. The van der Waals surface area contributed by atoms with Gasteiger partial charge in [-0.25, -0.2) is 0 Å². The van der Waals surface area contributed by atoms with Crippen LogP contribution in [0.3, 0.4) is 0 Å². The smallest absolute Gasteiger partial charge is 0.104 e. The second-order valence-electron chi connectivity index (χ2n) is 5.91. The minimum atomic E-state index is -0.628. The molecule has 0 fully saturated rings. The quantitative estimate of drug-likeness (QED) is 0.437. The van der Waals surface area contributed by atoms with Crippen LogP contribution in [0.4, 0.5) is 0 Å². The van der Waals surface area contributed by atoms with Gasteiger partial charge in [0.05, 0.1) is 37.6 Å². The molecule has 0 atom stereocenters. The van der Waals surface area contributed by atoms with E-state index in [0.29, 0.717) is 6.42 Å². The number of aliphatic hydroxyl groups is 4. The van der Waals surface area contributed by atoms with Crippen molar-refractivity contribution in [3.8, 4) is 0 Å². The lowest BCUT2D eigenvalue weighted by Gasteiger charge is -2.38. The number of aliphatic hydroxyl groups excluding tert-OH is 4. The summed E-state index contributed by atoms with van der Waals surface area (Å²) in [6.07, 6.45) is -0.776. The fraction of sp³-hybridized carbons (Fsp3) is 1.00. The van der Waals surface area contributed by atoms with Crippen molar-refractivity contribution in [3.05, 3.63) is 0 Å². The minimum Gasteiger partial charge on any atom is -0.394 e. The maximum atomic E-state index is 9.03. The Morgan fingerprint density at radius 3 is 1.16 bits per heavy atom. The molecule has 0 radical (unpaired) electrons. The van der Waals surface area contributed by atoms with E-state index in [1.54, 1.807) is 0 Å². The third kappa shape index (κ3) is 7.81. The van der Waals surface area contributed by atoms with E-state index in [9.17, 15) is 0 Å². The molecule has 0 aromatic heterocycles. The van der Waals surface area contributed by atoms with E-state index in [1.165, 1.54) is 0 Å². The molecule has 6 heteroatoms. The van der Waals surface area contributed by atoms with Crippen molar-refractivity contribution in [2.24, 2.45) is 0 Å². The fourth-order valence-electron chi connectivity index (χ4n) is 2.28. The minimum absolute atomic E-state index is 0.253. The Labute approximate surface area is 115 Å². The van der Waals surface area contributed by atoms with Crippen molar-refractivity contribution in [1.29, 1.82) is 0 Å². The highest BCUT2D eigenvalue weighted by atomic mass is 16.5. The summed E-state index contributed by atoms with van der Waals surface area (Å²) in [4.78, 5) is 0.